The summed E-state index contributed by atoms with van der Waals surface area (Å²) in [4.78, 5) is 0. The molecule has 0 aliphatic carbocycles. The lowest BCUT2D eigenvalue weighted by Crippen LogP contribution is -1.98. The normalized spacial score (nSPS) is 10.8. The third-order valence-corrected chi connectivity index (χ3v) is 4.20. The molecule has 3 rings (SSSR count). The monoisotopic (exact) mass is 367 g/mol. The number of halogens is 1. The third-order valence-electron chi connectivity index (χ3n) is 3.92. The molecule has 0 aliphatic rings. The lowest BCUT2D eigenvalue weighted by atomic mass is 9.99. The molecular weight excluding hydrogens is 350 g/mol. The van der Waals surface area contributed by atoms with Gasteiger partial charge in [0.25, 0.3) is 0 Å². The Morgan fingerprint density at radius 1 is 1.00 bits per heavy atom. The van der Waals surface area contributed by atoms with Crippen LogP contribution in [-0.4, -0.2) is 18.5 Å². The van der Waals surface area contributed by atoms with Crippen molar-refractivity contribution in [2.24, 2.45) is 5.16 Å². The van der Waals surface area contributed by atoms with Crippen LogP contribution in [0.15, 0.2) is 71.9 Å². The van der Waals surface area contributed by atoms with Gasteiger partial charge in [-0.05, 0) is 17.2 Å². The highest BCUT2D eigenvalue weighted by molar-refractivity contribution is 6.32. The summed E-state index contributed by atoms with van der Waals surface area (Å²) in [7, 11) is 1.57. The van der Waals surface area contributed by atoms with E-state index in [1.165, 1.54) is 6.21 Å². The van der Waals surface area contributed by atoms with Gasteiger partial charge < -0.3 is 14.7 Å². The number of rotatable bonds is 6. The molecule has 0 spiro atoms. The topological polar surface area (TPSA) is 51.0 Å². The van der Waals surface area contributed by atoms with Crippen LogP contribution in [0.5, 0.6) is 11.5 Å². The Balaban J connectivity index is 2.00. The van der Waals surface area contributed by atoms with Gasteiger partial charge in [-0.2, -0.15) is 0 Å². The van der Waals surface area contributed by atoms with Crippen LogP contribution in [0.1, 0.15) is 11.1 Å². The average Bonchev–Trinajstić information content (AvgIpc) is 2.67. The molecule has 132 valence electrons. The minimum absolute atomic E-state index is 0.433. The highest BCUT2D eigenvalue weighted by Gasteiger charge is 2.15. The highest BCUT2D eigenvalue weighted by Crippen LogP contribution is 2.40. The molecule has 0 saturated heterocycles. The Hall–Kier alpha value is -2.98. The minimum Gasteiger partial charge on any atom is -0.495 e. The van der Waals surface area contributed by atoms with E-state index in [0.29, 0.717) is 23.1 Å². The van der Waals surface area contributed by atoms with E-state index in [-0.39, 0.29) is 0 Å². The standard InChI is InChI=1S/C21H18ClNO3/c1-25-21-19(18-10-6-5-9-16(18)13-23-24)11-17(12-20(21)22)26-14-15-7-3-2-4-8-15/h2-13,24H,14H2,1H3. The molecule has 0 radical (unpaired) electrons. The molecule has 3 aromatic carbocycles. The maximum Gasteiger partial charge on any atom is 0.145 e. The zero-order valence-electron chi connectivity index (χ0n) is 14.2. The summed E-state index contributed by atoms with van der Waals surface area (Å²) in [6, 6.07) is 21.0. The SMILES string of the molecule is COc1c(Cl)cc(OCc2ccccc2)cc1-c1ccccc1C=NO. The highest BCUT2D eigenvalue weighted by atomic mass is 35.5. The second kappa shape index (κ2) is 8.41. The van der Waals surface area contributed by atoms with Crippen molar-refractivity contribution in [3.8, 4) is 22.6 Å². The zero-order valence-corrected chi connectivity index (χ0v) is 15.0. The molecule has 0 amide bonds. The van der Waals surface area contributed by atoms with Gasteiger partial charge in [-0.15, -0.1) is 0 Å². The Labute approximate surface area is 157 Å². The number of methoxy groups -OCH3 is 1. The molecule has 0 heterocycles. The molecule has 1 N–H and O–H groups in total. The van der Waals surface area contributed by atoms with Gasteiger partial charge in [0.15, 0.2) is 0 Å². The summed E-state index contributed by atoms with van der Waals surface area (Å²) in [5.41, 5.74) is 3.39. The van der Waals surface area contributed by atoms with Crippen molar-refractivity contribution in [2.75, 3.05) is 7.11 Å². The molecule has 0 fully saturated rings. The summed E-state index contributed by atoms with van der Waals surface area (Å²) in [5, 5.41) is 12.5. The van der Waals surface area contributed by atoms with Crippen LogP contribution < -0.4 is 9.47 Å². The fourth-order valence-corrected chi connectivity index (χ4v) is 3.00. The number of hydrogen-bond acceptors (Lipinski definition) is 4. The van der Waals surface area contributed by atoms with E-state index >= 15 is 0 Å². The maximum absolute atomic E-state index is 8.92. The molecule has 0 aromatic heterocycles. The molecule has 0 atom stereocenters. The Morgan fingerprint density at radius 2 is 1.73 bits per heavy atom. The van der Waals surface area contributed by atoms with Crippen LogP contribution >= 0.6 is 11.6 Å². The molecular formula is C21H18ClNO3. The van der Waals surface area contributed by atoms with Gasteiger partial charge in [0, 0.05) is 17.2 Å². The van der Waals surface area contributed by atoms with Gasteiger partial charge in [0.1, 0.15) is 18.1 Å². The van der Waals surface area contributed by atoms with Crippen LogP contribution in [0.3, 0.4) is 0 Å². The Morgan fingerprint density at radius 3 is 2.46 bits per heavy atom. The molecule has 4 nitrogen and oxygen atoms in total. The molecule has 3 aromatic rings. The van der Waals surface area contributed by atoms with E-state index in [0.717, 1.165) is 22.3 Å². The van der Waals surface area contributed by atoms with Gasteiger partial charge in [-0.1, -0.05) is 71.4 Å². The first-order valence-electron chi connectivity index (χ1n) is 8.04. The maximum atomic E-state index is 8.92. The van der Waals surface area contributed by atoms with Crippen molar-refractivity contribution in [3.05, 3.63) is 82.9 Å². The largest absolute Gasteiger partial charge is 0.495 e. The minimum atomic E-state index is 0.433. The number of oxime groups is 1. The van der Waals surface area contributed by atoms with Crippen molar-refractivity contribution >= 4 is 17.8 Å². The van der Waals surface area contributed by atoms with Gasteiger partial charge in [0.2, 0.25) is 0 Å². The fraction of sp³-hybridized carbons (Fsp3) is 0.0952. The van der Waals surface area contributed by atoms with E-state index in [9.17, 15) is 0 Å². The number of hydrogen-bond donors (Lipinski definition) is 1. The Bertz CT molecular complexity index is 910. The third kappa shape index (κ3) is 3.98. The van der Waals surface area contributed by atoms with Crippen molar-refractivity contribution in [1.82, 2.24) is 0 Å². The molecule has 0 saturated carbocycles. The summed E-state index contributed by atoms with van der Waals surface area (Å²) >= 11 is 6.41. The average molecular weight is 368 g/mol. The first-order valence-corrected chi connectivity index (χ1v) is 8.42. The lowest BCUT2D eigenvalue weighted by molar-refractivity contribution is 0.305. The van der Waals surface area contributed by atoms with Crippen molar-refractivity contribution in [1.29, 1.82) is 0 Å². The second-order valence-electron chi connectivity index (χ2n) is 5.59. The molecule has 5 heteroatoms. The van der Waals surface area contributed by atoms with Crippen LogP contribution in [0.25, 0.3) is 11.1 Å². The first kappa shape index (κ1) is 17.8. The van der Waals surface area contributed by atoms with Gasteiger partial charge in [-0.3, -0.25) is 0 Å². The zero-order chi connectivity index (χ0) is 18.4. The number of nitrogens with zero attached hydrogens (tertiary/aromatic N) is 1. The van der Waals surface area contributed by atoms with E-state index in [2.05, 4.69) is 5.16 Å². The summed E-state index contributed by atoms with van der Waals surface area (Å²) in [5.74, 6) is 1.17. The number of ether oxygens (including phenoxy) is 2. The van der Waals surface area contributed by atoms with E-state index in [4.69, 9.17) is 26.3 Å². The smallest absolute Gasteiger partial charge is 0.145 e. The quantitative estimate of drug-likeness (QED) is 0.360. The predicted molar refractivity (Wildman–Crippen MR) is 104 cm³/mol. The van der Waals surface area contributed by atoms with Gasteiger partial charge in [0.05, 0.1) is 18.3 Å². The second-order valence-corrected chi connectivity index (χ2v) is 6.00. The van der Waals surface area contributed by atoms with Crippen molar-refractivity contribution in [3.63, 3.8) is 0 Å². The van der Waals surface area contributed by atoms with E-state index < -0.39 is 0 Å². The van der Waals surface area contributed by atoms with E-state index in [1.807, 2.05) is 60.7 Å². The van der Waals surface area contributed by atoms with Crippen LogP contribution in [0, 0.1) is 0 Å². The van der Waals surface area contributed by atoms with Crippen LogP contribution in [0.4, 0.5) is 0 Å². The summed E-state index contributed by atoms with van der Waals surface area (Å²) in [6.07, 6.45) is 1.38. The predicted octanol–water partition coefficient (Wildman–Crippen LogP) is 5.40. The van der Waals surface area contributed by atoms with E-state index in [1.54, 1.807) is 13.2 Å². The van der Waals surface area contributed by atoms with Crippen molar-refractivity contribution in [2.45, 2.75) is 6.61 Å². The molecule has 0 bridgehead atoms. The van der Waals surface area contributed by atoms with Gasteiger partial charge >= 0.3 is 0 Å². The lowest BCUT2D eigenvalue weighted by Gasteiger charge is -2.15. The summed E-state index contributed by atoms with van der Waals surface area (Å²) < 4.78 is 11.4. The van der Waals surface area contributed by atoms with Crippen molar-refractivity contribution < 1.29 is 14.7 Å². The van der Waals surface area contributed by atoms with Gasteiger partial charge in [-0.25, -0.2) is 0 Å². The van der Waals surface area contributed by atoms with Crippen LogP contribution in [0.2, 0.25) is 5.02 Å². The fourth-order valence-electron chi connectivity index (χ4n) is 2.72. The molecule has 0 unspecified atom stereocenters. The number of benzene rings is 3. The summed E-state index contributed by atoms with van der Waals surface area (Å²) in [6.45, 7) is 0.433. The molecule has 0 aliphatic heterocycles. The Kier molecular flexibility index (Phi) is 5.77. The van der Waals surface area contributed by atoms with Crippen LogP contribution in [-0.2, 0) is 6.61 Å². The molecule has 26 heavy (non-hydrogen) atoms. The first-order chi connectivity index (χ1) is 12.7.